The van der Waals surface area contributed by atoms with E-state index in [4.69, 9.17) is 11.6 Å². The summed E-state index contributed by atoms with van der Waals surface area (Å²) >= 11 is 5.85. The van der Waals surface area contributed by atoms with Crippen LogP contribution in [0.3, 0.4) is 0 Å². The summed E-state index contributed by atoms with van der Waals surface area (Å²) in [7, 11) is -7.12. The molecule has 0 amide bonds. The van der Waals surface area contributed by atoms with Gasteiger partial charge in [-0.1, -0.05) is 24.6 Å². The molecule has 1 N–H and O–H groups in total. The summed E-state index contributed by atoms with van der Waals surface area (Å²) in [5.41, 5.74) is 0.839. The molecule has 0 spiro atoms. The second kappa shape index (κ2) is 6.51. The highest BCUT2D eigenvalue weighted by molar-refractivity contribution is 7.92. The Balaban J connectivity index is 2.33. The highest BCUT2D eigenvalue weighted by atomic mass is 35.5. The molecular weight excluding hydrogens is 358 g/mol. The van der Waals surface area contributed by atoms with E-state index in [0.29, 0.717) is 10.6 Å². The van der Waals surface area contributed by atoms with Gasteiger partial charge in [0.1, 0.15) is 0 Å². The first-order chi connectivity index (χ1) is 10.7. The Morgan fingerprint density at radius 3 is 2.17 bits per heavy atom. The molecule has 0 saturated heterocycles. The molecule has 0 heterocycles. The molecule has 2 aromatic rings. The van der Waals surface area contributed by atoms with Gasteiger partial charge in [-0.25, -0.2) is 16.8 Å². The van der Waals surface area contributed by atoms with E-state index in [1.807, 2.05) is 0 Å². The maximum atomic E-state index is 12.4. The number of benzene rings is 2. The molecule has 0 atom stereocenters. The van der Waals surface area contributed by atoms with Crippen molar-refractivity contribution in [2.24, 2.45) is 0 Å². The van der Waals surface area contributed by atoms with Gasteiger partial charge in [0, 0.05) is 10.7 Å². The fraction of sp³-hybridized carbons (Fsp3) is 0.200. The number of aryl methyl sites for hydroxylation is 1. The lowest BCUT2D eigenvalue weighted by Gasteiger charge is -2.11. The summed E-state index contributed by atoms with van der Waals surface area (Å²) in [5.74, 6) is -0.0141. The van der Waals surface area contributed by atoms with Crippen LogP contribution in [-0.2, 0) is 19.9 Å². The minimum Gasteiger partial charge on any atom is -0.280 e. The Morgan fingerprint density at radius 2 is 1.61 bits per heavy atom. The van der Waals surface area contributed by atoms with Gasteiger partial charge in [-0.05, 0) is 48.9 Å². The molecule has 0 aliphatic rings. The van der Waals surface area contributed by atoms with E-state index in [-0.39, 0.29) is 21.2 Å². The van der Waals surface area contributed by atoms with Crippen LogP contribution in [-0.4, -0.2) is 22.6 Å². The van der Waals surface area contributed by atoms with Gasteiger partial charge >= 0.3 is 0 Å². The summed E-state index contributed by atoms with van der Waals surface area (Å²) in [5, 5.41) is 0.320. The number of hydrogen-bond donors (Lipinski definition) is 1. The lowest BCUT2D eigenvalue weighted by Crippen LogP contribution is -2.14. The van der Waals surface area contributed by atoms with Crippen LogP contribution in [0, 0.1) is 6.92 Å². The van der Waals surface area contributed by atoms with Crippen molar-refractivity contribution in [3.8, 4) is 0 Å². The largest absolute Gasteiger partial charge is 0.280 e. The Labute approximate surface area is 141 Å². The van der Waals surface area contributed by atoms with Gasteiger partial charge in [0.15, 0.2) is 9.84 Å². The van der Waals surface area contributed by atoms with Crippen LogP contribution in [0.2, 0.25) is 5.02 Å². The van der Waals surface area contributed by atoms with E-state index in [1.165, 1.54) is 30.3 Å². The topological polar surface area (TPSA) is 80.3 Å². The first-order valence-electron chi connectivity index (χ1n) is 6.77. The molecule has 0 saturated carbocycles. The zero-order chi connectivity index (χ0) is 17.3. The van der Waals surface area contributed by atoms with Crippen molar-refractivity contribution < 1.29 is 16.8 Å². The van der Waals surface area contributed by atoms with Gasteiger partial charge in [0.25, 0.3) is 10.0 Å². The predicted molar refractivity (Wildman–Crippen MR) is 91.2 cm³/mol. The number of halogens is 1. The number of sulfone groups is 1. The molecule has 2 aromatic carbocycles. The number of nitrogens with one attached hydrogen (secondary N) is 1. The fourth-order valence-electron chi connectivity index (χ4n) is 1.97. The molecular formula is C15H16ClNO4S2. The molecule has 8 heteroatoms. The SMILES string of the molecule is CCS(=O)(=O)c1ccc(NS(=O)(=O)c2cc(Cl)ccc2C)cc1. The normalized spacial score (nSPS) is 12.1. The van der Waals surface area contributed by atoms with E-state index >= 15 is 0 Å². The smallest absolute Gasteiger partial charge is 0.262 e. The van der Waals surface area contributed by atoms with Gasteiger partial charge in [0.2, 0.25) is 0 Å². The van der Waals surface area contributed by atoms with E-state index in [1.54, 1.807) is 26.0 Å². The van der Waals surface area contributed by atoms with Crippen LogP contribution in [0.5, 0.6) is 0 Å². The summed E-state index contributed by atoms with van der Waals surface area (Å²) in [6, 6.07) is 10.2. The van der Waals surface area contributed by atoms with Crippen molar-refractivity contribution in [2.45, 2.75) is 23.6 Å². The molecule has 0 radical (unpaired) electrons. The zero-order valence-electron chi connectivity index (χ0n) is 12.6. The van der Waals surface area contributed by atoms with Crippen LogP contribution in [0.4, 0.5) is 5.69 Å². The molecule has 0 aromatic heterocycles. The third kappa shape index (κ3) is 4.04. The molecule has 0 bridgehead atoms. The van der Waals surface area contributed by atoms with Gasteiger partial charge in [-0.3, -0.25) is 4.72 Å². The first-order valence-corrected chi connectivity index (χ1v) is 10.3. The average molecular weight is 374 g/mol. The molecule has 2 rings (SSSR count). The van der Waals surface area contributed by atoms with Gasteiger partial charge < -0.3 is 0 Å². The van der Waals surface area contributed by atoms with Gasteiger partial charge in [-0.2, -0.15) is 0 Å². The Kier molecular flexibility index (Phi) is 5.03. The number of sulfonamides is 1. The number of hydrogen-bond acceptors (Lipinski definition) is 4. The fourth-order valence-corrected chi connectivity index (χ4v) is 4.42. The molecule has 124 valence electrons. The minimum absolute atomic E-state index is 0.0141. The minimum atomic E-state index is -3.80. The van der Waals surface area contributed by atoms with Crippen LogP contribution in [0.1, 0.15) is 12.5 Å². The number of anilines is 1. The summed E-state index contributed by atoms with van der Waals surface area (Å²) in [6.07, 6.45) is 0. The quantitative estimate of drug-likeness (QED) is 0.872. The van der Waals surface area contributed by atoms with Gasteiger partial charge in [0.05, 0.1) is 15.5 Å². The van der Waals surface area contributed by atoms with E-state index in [0.717, 1.165) is 0 Å². The zero-order valence-corrected chi connectivity index (χ0v) is 15.0. The molecule has 5 nitrogen and oxygen atoms in total. The summed E-state index contributed by atoms with van der Waals surface area (Å²) in [6.45, 7) is 3.22. The second-order valence-electron chi connectivity index (χ2n) is 4.94. The predicted octanol–water partition coefficient (Wildman–Crippen LogP) is 3.24. The monoisotopic (exact) mass is 373 g/mol. The average Bonchev–Trinajstić information content (AvgIpc) is 2.49. The van der Waals surface area contributed by atoms with Crippen molar-refractivity contribution in [1.29, 1.82) is 0 Å². The second-order valence-corrected chi connectivity index (χ2v) is 9.31. The highest BCUT2D eigenvalue weighted by Crippen LogP contribution is 2.23. The Hall–Kier alpha value is -1.57. The van der Waals surface area contributed by atoms with Gasteiger partial charge in [-0.15, -0.1) is 0 Å². The molecule has 23 heavy (non-hydrogen) atoms. The van der Waals surface area contributed by atoms with Crippen molar-refractivity contribution in [1.82, 2.24) is 0 Å². The Morgan fingerprint density at radius 1 is 1.00 bits per heavy atom. The van der Waals surface area contributed by atoms with E-state index in [9.17, 15) is 16.8 Å². The van der Waals surface area contributed by atoms with Crippen LogP contribution in [0.15, 0.2) is 52.3 Å². The third-order valence-electron chi connectivity index (χ3n) is 3.29. The maximum Gasteiger partial charge on any atom is 0.262 e. The van der Waals surface area contributed by atoms with Crippen LogP contribution in [0.25, 0.3) is 0 Å². The molecule has 0 aliphatic heterocycles. The van der Waals surface area contributed by atoms with Crippen molar-refractivity contribution in [3.63, 3.8) is 0 Å². The van der Waals surface area contributed by atoms with Crippen molar-refractivity contribution >= 4 is 37.1 Å². The number of rotatable bonds is 5. The van der Waals surface area contributed by atoms with Crippen molar-refractivity contribution in [2.75, 3.05) is 10.5 Å². The molecule has 0 aliphatic carbocycles. The van der Waals surface area contributed by atoms with E-state index in [2.05, 4.69) is 4.72 Å². The first kappa shape index (κ1) is 17.8. The Bertz CT molecular complexity index is 920. The van der Waals surface area contributed by atoms with Crippen molar-refractivity contribution in [3.05, 3.63) is 53.1 Å². The lowest BCUT2D eigenvalue weighted by atomic mass is 10.2. The third-order valence-corrected chi connectivity index (χ3v) is 6.79. The van der Waals surface area contributed by atoms with Crippen LogP contribution >= 0.6 is 11.6 Å². The van der Waals surface area contributed by atoms with E-state index < -0.39 is 19.9 Å². The highest BCUT2D eigenvalue weighted by Gasteiger charge is 2.18. The lowest BCUT2D eigenvalue weighted by molar-refractivity contribution is 0.597. The maximum absolute atomic E-state index is 12.4. The summed E-state index contributed by atoms with van der Waals surface area (Å²) in [4.78, 5) is 0.233. The molecule has 0 fully saturated rings. The standard InChI is InChI=1S/C15H16ClNO4S2/c1-3-22(18,19)14-8-6-13(7-9-14)17-23(20,21)15-10-12(16)5-4-11(15)2/h4-10,17H,3H2,1-2H3. The summed E-state index contributed by atoms with van der Waals surface area (Å²) < 4.78 is 50.8. The molecule has 0 unspecified atom stereocenters. The van der Waals surface area contributed by atoms with Crippen LogP contribution < -0.4 is 4.72 Å².